The first-order valence-corrected chi connectivity index (χ1v) is 5.54. The molecule has 0 saturated carbocycles. The number of nitrogens with two attached hydrogens (primary N) is 1. The van der Waals surface area contributed by atoms with Crippen LogP contribution >= 0.6 is 0 Å². The minimum absolute atomic E-state index is 0.0407. The first-order chi connectivity index (χ1) is 7.63. The standard InChI is InChI=1S/C12H17N3O/c1-8(2)7-15-12(16)10-5-3-4-9(6-13)11(10)14-15/h3-5,8,14H,6-7,13H2,1-2H3. The summed E-state index contributed by atoms with van der Waals surface area (Å²) < 4.78 is 1.66. The molecule has 0 aliphatic heterocycles. The van der Waals surface area contributed by atoms with Crippen LogP contribution in [0.1, 0.15) is 19.4 Å². The van der Waals surface area contributed by atoms with Gasteiger partial charge in [-0.05, 0) is 17.5 Å². The minimum Gasteiger partial charge on any atom is -0.326 e. The summed E-state index contributed by atoms with van der Waals surface area (Å²) in [6.07, 6.45) is 0. The Kier molecular flexibility index (Phi) is 2.83. The predicted octanol–water partition coefficient (Wildman–Crippen LogP) is 1.44. The lowest BCUT2D eigenvalue weighted by atomic mass is 10.1. The van der Waals surface area contributed by atoms with Gasteiger partial charge in [-0.1, -0.05) is 26.0 Å². The fourth-order valence-electron chi connectivity index (χ4n) is 1.91. The number of aromatic nitrogens is 2. The van der Waals surface area contributed by atoms with Crippen LogP contribution < -0.4 is 11.3 Å². The van der Waals surface area contributed by atoms with E-state index in [0.29, 0.717) is 19.0 Å². The molecule has 0 aliphatic carbocycles. The molecule has 2 rings (SSSR count). The van der Waals surface area contributed by atoms with Gasteiger partial charge in [0.2, 0.25) is 0 Å². The van der Waals surface area contributed by atoms with Gasteiger partial charge in [-0.25, -0.2) is 0 Å². The molecule has 1 heterocycles. The molecule has 4 nitrogen and oxygen atoms in total. The lowest BCUT2D eigenvalue weighted by Gasteiger charge is -2.04. The van der Waals surface area contributed by atoms with Crippen molar-refractivity contribution in [3.63, 3.8) is 0 Å². The molecule has 0 aliphatic rings. The molecule has 0 saturated heterocycles. The molecule has 0 fully saturated rings. The Morgan fingerprint density at radius 2 is 2.19 bits per heavy atom. The average Bonchev–Trinajstić information content (AvgIpc) is 2.55. The first-order valence-electron chi connectivity index (χ1n) is 5.54. The van der Waals surface area contributed by atoms with Crippen molar-refractivity contribution < 1.29 is 0 Å². The highest BCUT2D eigenvalue weighted by molar-refractivity contribution is 5.81. The summed E-state index contributed by atoms with van der Waals surface area (Å²) in [5, 5.41) is 3.86. The van der Waals surface area contributed by atoms with Crippen molar-refractivity contribution in [1.29, 1.82) is 0 Å². The van der Waals surface area contributed by atoms with Crippen molar-refractivity contribution in [3.05, 3.63) is 34.1 Å². The normalized spacial score (nSPS) is 11.5. The van der Waals surface area contributed by atoms with Crippen molar-refractivity contribution in [2.75, 3.05) is 0 Å². The number of rotatable bonds is 3. The first kappa shape index (κ1) is 11.0. The highest BCUT2D eigenvalue weighted by Crippen LogP contribution is 2.13. The molecule has 0 spiro atoms. The SMILES string of the molecule is CC(C)Cn1[nH]c2c(CN)cccc2c1=O. The van der Waals surface area contributed by atoms with Gasteiger partial charge in [0.15, 0.2) is 0 Å². The monoisotopic (exact) mass is 219 g/mol. The van der Waals surface area contributed by atoms with Gasteiger partial charge in [-0.15, -0.1) is 0 Å². The van der Waals surface area contributed by atoms with Gasteiger partial charge in [0.25, 0.3) is 5.56 Å². The second-order valence-corrected chi connectivity index (χ2v) is 4.47. The van der Waals surface area contributed by atoms with Crippen LogP contribution in [0.15, 0.2) is 23.0 Å². The fraction of sp³-hybridized carbons (Fsp3) is 0.417. The molecular weight excluding hydrogens is 202 g/mol. The lowest BCUT2D eigenvalue weighted by molar-refractivity contribution is 0.476. The maximum atomic E-state index is 12.0. The van der Waals surface area contributed by atoms with Crippen LogP contribution in [-0.2, 0) is 13.1 Å². The number of aromatic amines is 1. The molecule has 0 amide bonds. The molecule has 0 radical (unpaired) electrons. The average molecular weight is 219 g/mol. The van der Waals surface area contributed by atoms with Gasteiger partial charge >= 0.3 is 0 Å². The predicted molar refractivity (Wildman–Crippen MR) is 65.3 cm³/mol. The summed E-state index contributed by atoms with van der Waals surface area (Å²) in [6.45, 7) is 5.32. The Morgan fingerprint density at radius 3 is 2.81 bits per heavy atom. The zero-order valence-corrected chi connectivity index (χ0v) is 9.66. The molecule has 4 heteroatoms. The van der Waals surface area contributed by atoms with E-state index in [9.17, 15) is 4.79 Å². The molecule has 3 N–H and O–H groups in total. The number of para-hydroxylation sites is 1. The molecule has 1 aromatic carbocycles. The number of nitrogens with one attached hydrogen (secondary N) is 1. The van der Waals surface area contributed by atoms with Crippen molar-refractivity contribution in [1.82, 2.24) is 9.78 Å². The second-order valence-electron chi connectivity index (χ2n) is 4.47. The van der Waals surface area contributed by atoms with E-state index in [-0.39, 0.29) is 5.56 Å². The van der Waals surface area contributed by atoms with Crippen LogP contribution in [0.4, 0.5) is 0 Å². The Morgan fingerprint density at radius 1 is 1.44 bits per heavy atom. The van der Waals surface area contributed by atoms with Gasteiger partial charge < -0.3 is 5.73 Å². The van der Waals surface area contributed by atoms with Crippen LogP contribution in [0.2, 0.25) is 0 Å². The molecule has 0 unspecified atom stereocenters. The van der Waals surface area contributed by atoms with E-state index >= 15 is 0 Å². The number of hydrogen-bond donors (Lipinski definition) is 2. The number of fused-ring (bicyclic) bond motifs is 1. The van der Waals surface area contributed by atoms with Crippen LogP contribution in [-0.4, -0.2) is 9.78 Å². The van der Waals surface area contributed by atoms with Crippen molar-refractivity contribution >= 4 is 10.9 Å². The number of hydrogen-bond acceptors (Lipinski definition) is 2. The van der Waals surface area contributed by atoms with Gasteiger partial charge in [-0.2, -0.15) is 0 Å². The highest BCUT2D eigenvalue weighted by atomic mass is 16.1. The minimum atomic E-state index is 0.0407. The molecule has 2 aromatic rings. The molecule has 0 atom stereocenters. The third-order valence-corrected chi connectivity index (χ3v) is 2.64. The third-order valence-electron chi connectivity index (χ3n) is 2.64. The van der Waals surface area contributed by atoms with E-state index < -0.39 is 0 Å². The van der Waals surface area contributed by atoms with E-state index in [2.05, 4.69) is 18.9 Å². The Labute approximate surface area is 94.0 Å². The second kappa shape index (κ2) is 4.14. The molecule has 1 aromatic heterocycles. The van der Waals surface area contributed by atoms with Gasteiger partial charge in [0.05, 0.1) is 10.9 Å². The zero-order valence-electron chi connectivity index (χ0n) is 9.66. The maximum absolute atomic E-state index is 12.0. The molecule has 16 heavy (non-hydrogen) atoms. The van der Waals surface area contributed by atoms with Crippen molar-refractivity contribution in [2.45, 2.75) is 26.9 Å². The highest BCUT2D eigenvalue weighted by Gasteiger charge is 2.09. The number of nitrogens with zero attached hydrogens (tertiary/aromatic N) is 1. The maximum Gasteiger partial charge on any atom is 0.274 e. The van der Waals surface area contributed by atoms with Gasteiger partial charge in [0.1, 0.15) is 0 Å². The smallest absolute Gasteiger partial charge is 0.274 e. The quantitative estimate of drug-likeness (QED) is 0.820. The van der Waals surface area contributed by atoms with E-state index in [1.165, 1.54) is 0 Å². The largest absolute Gasteiger partial charge is 0.326 e. The third kappa shape index (κ3) is 1.76. The van der Waals surface area contributed by atoms with E-state index in [1.807, 2.05) is 18.2 Å². The van der Waals surface area contributed by atoms with Crippen LogP contribution in [0, 0.1) is 5.92 Å². The summed E-state index contributed by atoms with van der Waals surface area (Å²) in [7, 11) is 0. The number of benzene rings is 1. The molecule has 0 bridgehead atoms. The van der Waals surface area contributed by atoms with Gasteiger partial charge in [0, 0.05) is 13.1 Å². The van der Waals surface area contributed by atoms with Crippen LogP contribution in [0.5, 0.6) is 0 Å². The summed E-state index contributed by atoms with van der Waals surface area (Å²) in [4.78, 5) is 12.0. The van der Waals surface area contributed by atoms with Gasteiger partial charge in [-0.3, -0.25) is 14.6 Å². The zero-order chi connectivity index (χ0) is 11.7. The fourth-order valence-corrected chi connectivity index (χ4v) is 1.91. The Bertz CT molecular complexity index is 551. The Hall–Kier alpha value is -1.55. The summed E-state index contributed by atoms with van der Waals surface area (Å²) >= 11 is 0. The summed E-state index contributed by atoms with van der Waals surface area (Å²) in [5.41, 5.74) is 7.54. The molecule has 86 valence electrons. The van der Waals surface area contributed by atoms with Crippen LogP contribution in [0.25, 0.3) is 10.9 Å². The van der Waals surface area contributed by atoms with Crippen molar-refractivity contribution in [3.8, 4) is 0 Å². The lowest BCUT2D eigenvalue weighted by Crippen LogP contribution is -2.19. The Balaban J connectivity index is 2.63. The summed E-state index contributed by atoms with van der Waals surface area (Å²) in [6, 6.07) is 5.65. The number of H-pyrrole nitrogens is 1. The van der Waals surface area contributed by atoms with Crippen LogP contribution in [0.3, 0.4) is 0 Å². The van der Waals surface area contributed by atoms with E-state index in [1.54, 1.807) is 4.68 Å². The summed E-state index contributed by atoms with van der Waals surface area (Å²) in [5.74, 6) is 0.437. The van der Waals surface area contributed by atoms with E-state index in [4.69, 9.17) is 5.73 Å². The molecular formula is C12H17N3O. The van der Waals surface area contributed by atoms with Crippen molar-refractivity contribution in [2.24, 2.45) is 11.7 Å². The topological polar surface area (TPSA) is 63.8 Å². The van der Waals surface area contributed by atoms with E-state index in [0.717, 1.165) is 16.5 Å².